The summed E-state index contributed by atoms with van der Waals surface area (Å²) in [5.41, 5.74) is 0.412. The van der Waals surface area contributed by atoms with Crippen LogP contribution in [0.2, 0.25) is 0 Å². The Morgan fingerprint density at radius 3 is 3.27 bits per heavy atom. The maximum Gasteiger partial charge on any atom is 0.276 e. The van der Waals surface area contributed by atoms with Gasteiger partial charge in [0.2, 0.25) is 0 Å². The zero-order valence-corrected chi connectivity index (χ0v) is 9.90. The van der Waals surface area contributed by atoms with Gasteiger partial charge in [-0.3, -0.25) is 4.79 Å². The highest BCUT2D eigenvalue weighted by Crippen LogP contribution is 2.21. The van der Waals surface area contributed by atoms with Crippen molar-refractivity contribution in [3.63, 3.8) is 0 Å². The zero-order chi connectivity index (χ0) is 10.7. The van der Waals surface area contributed by atoms with Crippen molar-refractivity contribution in [3.8, 4) is 0 Å². The van der Waals surface area contributed by atoms with Crippen LogP contribution < -0.4 is 0 Å². The molecule has 1 fully saturated rings. The molecule has 2 heterocycles. The number of aromatic nitrogens is 3. The second-order valence-corrected chi connectivity index (χ2v) is 4.53. The van der Waals surface area contributed by atoms with Crippen LogP contribution in [-0.2, 0) is 0 Å². The predicted molar refractivity (Wildman–Crippen MR) is 58.8 cm³/mol. The largest absolute Gasteiger partial charge is 0.337 e. The summed E-state index contributed by atoms with van der Waals surface area (Å²) in [7, 11) is 0. The number of halogens is 1. The van der Waals surface area contributed by atoms with Crippen molar-refractivity contribution in [3.05, 3.63) is 11.9 Å². The Morgan fingerprint density at radius 2 is 2.60 bits per heavy atom. The van der Waals surface area contributed by atoms with E-state index in [1.54, 1.807) is 0 Å². The monoisotopic (exact) mass is 272 g/mol. The topological polar surface area (TPSA) is 61.9 Å². The summed E-state index contributed by atoms with van der Waals surface area (Å²) in [5.74, 6) is 0.612. The van der Waals surface area contributed by atoms with Gasteiger partial charge in [-0.2, -0.15) is 15.4 Å². The number of hydrogen-bond acceptors (Lipinski definition) is 3. The summed E-state index contributed by atoms with van der Waals surface area (Å²) in [6.45, 7) is 1.68. The first-order valence-electron chi connectivity index (χ1n) is 5.02. The van der Waals surface area contributed by atoms with E-state index in [4.69, 9.17) is 0 Å². The fourth-order valence-electron chi connectivity index (χ4n) is 1.87. The molecule has 1 N–H and O–H groups in total. The first-order chi connectivity index (χ1) is 7.31. The summed E-state index contributed by atoms with van der Waals surface area (Å²) >= 11 is 3.42. The Morgan fingerprint density at radius 1 is 1.73 bits per heavy atom. The molecule has 1 aromatic heterocycles. The van der Waals surface area contributed by atoms with E-state index in [-0.39, 0.29) is 5.91 Å². The van der Waals surface area contributed by atoms with Gasteiger partial charge in [0.15, 0.2) is 5.69 Å². The summed E-state index contributed by atoms with van der Waals surface area (Å²) in [6.07, 6.45) is 3.69. The highest BCUT2D eigenvalue weighted by Gasteiger charge is 2.27. The van der Waals surface area contributed by atoms with E-state index in [0.29, 0.717) is 11.6 Å². The number of aromatic amines is 1. The summed E-state index contributed by atoms with van der Waals surface area (Å²) in [6, 6.07) is 0. The van der Waals surface area contributed by atoms with Gasteiger partial charge >= 0.3 is 0 Å². The summed E-state index contributed by atoms with van der Waals surface area (Å²) in [4.78, 5) is 13.7. The molecule has 0 saturated carbocycles. The molecule has 1 unspecified atom stereocenters. The first-order valence-corrected chi connectivity index (χ1v) is 6.14. The van der Waals surface area contributed by atoms with Crippen LogP contribution in [0.4, 0.5) is 0 Å². The Kier molecular flexibility index (Phi) is 3.35. The second-order valence-electron chi connectivity index (χ2n) is 3.74. The number of carbonyl (C=O) groups is 1. The Hall–Kier alpha value is -0.910. The van der Waals surface area contributed by atoms with Crippen LogP contribution in [0.15, 0.2) is 6.20 Å². The lowest BCUT2D eigenvalue weighted by atomic mass is 10.1. The molecule has 82 valence electrons. The van der Waals surface area contributed by atoms with Gasteiger partial charge in [0, 0.05) is 18.4 Å². The van der Waals surface area contributed by atoms with Gasteiger partial charge < -0.3 is 4.90 Å². The van der Waals surface area contributed by atoms with E-state index < -0.39 is 0 Å². The van der Waals surface area contributed by atoms with Crippen molar-refractivity contribution in [2.45, 2.75) is 12.8 Å². The molecule has 0 spiro atoms. The SMILES string of the molecule is O=C(c1cn[nH]n1)N1CCC(CCBr)C1. The lowest BCUT2D eigenvalue weighted by molar-refractivity contribution is 0.0781. The molecule has 1 aromatic rings. The van der Waals surface area contributed by atoms with Gasteiger partial charge in [0.25, 0.3) is 5.91 Å². The van der Waals surface area contributed by atoms with Crippen molar-refractivity contribution in [1.29, 1.82) is 0 Å². The van der Waals surface area contributed by atoms with Gasteiger partial charge in [-0.25, -0.2) is 0 Å². The number of alkyl halides is 1. The minimum Gasteiger partial charge on any atom is -0.337 e. The number of carbonyl (C=O) groups excluding carboxylic acids is 1. The van der Waals surface area contributed by atoms with Crippen LogP contribution in [0.1, 0.15) is 23.3 Å². The van der Waals surface area contributed by atoms with E-state index in [1.807, 2.05) is 4.90 Å². The van der Waals surface area contributed by atoms with E-state index >= 15 is 0 Å². The number of H-pyrrole nitrogens is 1. The number of nitrogens with one attached hydrogen (secondary N) is 1. The van der Waals surface area contributed by atoms with Crippen LogP contribution in [0.5, 0.6) is 0 Å². The molecule has 2 rings (SSSR count). The maximum absolute atomic E-state index is 11.8. The summed E-state index contributed by atoms with van der Waals surface area (Å²) < 4.78 is 0. The van der Waals surface area contributed by atoms with E-state index in [2.05, 4.69) is 31.3 Å². The number of likely N-dealkylation sites (tertiary alicyclic amines) is 1. The molecule has 0 aromatic carbocycles. The third-order valence-corrected chi connectivity index (χ3v) is 3.18. The Labute approximate surface area is 96.4 Å². The molecule has 1 atom stereocenters. The number of nitrogens with zero attached hydrogens (tertiary/aromatic N) is 3. The minimum absolute atomic E-state index is 0.0131. The van der Waals surface area contributed by atoms with Gasteiger partial charge in [-0.15, -0.1) is 0 Å². The zero-order valence-electron chi connectivity index (χ0n) is 8.32. The predicted octanol–water partition coefficient (Wildman–Crippen LogP) is 1.05. The average molecular weight is 273 g/mol. The van der Waals surface area contributed by atoms with Crippen LogP contribution in [0, 0.1) is 5.92 Å². The van der Waals surface area contributed by atoms with Gasteiger partial charge in [0.1, 0.15) is 0 Å². The minimum atomic E-state index is -0.0131. The molecule has 5 nitrogen and oxygen atoms in total. The Balaban J connectivity index is 1.93. The molecule has 0 aliphatic carbocycles. The number of amides is 1. The molecule has 1 aliphatic heterocycles. The Bertz CT molecular complexity index is 327. The molecule has 1 amide bonds. The smallest absolute Gasteiger partial charge is 0.276 e. The fraction of sp³-hybridized carbons (Fsp3) is 0.667. The first kappa shape index (κ1) is 10.6. The van der Waals surface area contributed by atoms with E-state index in [9.17, 15) is 4.79 Å². The second kappa shape index (κ2) is 4.74. The molecule has 1 aliphatic rings. The molecular weight excluding hydrogens is 260 g/mol. The molecule has 1 saturated heterocycles. The molecule has 15 heavy (non-hydrogen) atoms. The summed E-state index contributed by atoms with van der Waals surface area (Å²) in [5, 5.41) is 10.9. The van der Waals surface area contributed by atoms with Crippen LogP contribution >= 0.6 is 15.9 Å². The molecule has 0 bridgehead atoms. The van der Waals surface area contributed by atoms with E-state index in [1.165, 1.54) is 6.20 Å². The van der Waals surface area contributed by atoms with Crippen molar-refractivity contribution >= 4 is 21.8 Å². The van der Waals surface area contributed by atoms with E-state index in [0.717, 1.165) is 31.3 Å². The standard InChI is InChI=1S/C9H13BrN4O/c10-3-1-7-2-4-14(6-7)9(15)8-5-11-13-12-8/h5,7H,1-4,6H2,(H,11,12,13). The highest BCUT2D eigenvalue weighted by atomic mass is 79.9. The maximum atomic E-state index is 11.8. The third kappa shape index (κ3) is 2.37. The van der Waals surface area contributed by atoms with Crippen LogP contribution in [0.3, 0.4) is 0 Å². The average Bonchev–Trinajstić information content (AvgIpc) is 2.87. The lowest BCUT2D eigenvalue weighted by Crippen LogP contribution is -2.29. The highest BCUT2D eigenvalue weighted by molar-refractivity contribution is 9.09. The molecule has 6 heteroatoms. The van der Waals surface area contributed by atoms with Gasteiger partial charge in [-0.1, -0.05) is 15.9 Å². The number of hydrogen-bond donors (Lipinski definition) is 1. The third-order valence-electron chi connectivity index (χ3n) is 2.72. The van der Waals surface area contributed by atoms with Crippen molar-refractivity contribution in [2.75, 3.05) is 18.4 Å². The molecule has 0 radical (unpaired) electrons. The van der Waals surface area contributed by atoms with Crippen molar-refractivity contribution in [2.24, 2.45) is 5.92 Å². The van der Waals surface area contributed by atoms with Crippen LogP contribution in [0.25, 0.3) is 0 Å². The van der Waals surface area contributed by atoms with Crippen molar-refractivity contribution < 1.29 is 4.79 Å². The normalized spacial score (nSPS) is 20.9. The fourth-order valence-corrected chi connectivity index (χ4v) is 2.52. The number of rotatable bonds is 3. The van der Waals surface area contributed by atoms with Gasteiger partial charge in [0.05, 0.1) is 6.20 Å². The lowest BCUT2D eigenvalue weighted by Gasteiger charge is -2.14. The quantitative estimate of drug-likeness (QED) is 0.837. The van der Waals surface area contributed by atoms with Gasteiger partial charge in [-0.05, 0) is 18.8 Å². The molecular formula is C9H13BrN4O. The van der Waals surface area contributed by atoms with Crippen molar-refractivity contribution in [1.82, 2.24) is 20.3 Å². The van der Waals surface area contributed by atoms with Crippen LogP contribution in [-0.4, -0.2) is 44.6 Å².